The van der Waals surface area contributed by atoms with E-state index in [1.54, 1.807) is 29.2 Å². The Bertz CT molecular complexity index is 1140. The summed E-state index contributed by atoms with van der Waals surface area (Å²) in [5.74, 6) is 5.69. The summed E-state index contributed by atoms with van der Waals surface area (Å²) >= 11 is 0. The van der Waals surface area contributed by atoms with Gasteiger partial charge in [-0.3, -0.25) is 4.79 Å². The lowest BCUT2D eigenvalue weighted by atomic mass is 10.1. The second-order valence-corrected chi connectivity index (χ2v) is 6.95. The fraction of sp³-hybridized carbons (Fsp3) is 0.120. The van der Waals surface area contributed by atoms with Crippen LogP contribution in [0.5, 0.6) is 5.75 Å². The molecule has 1 N–H and O–H groups in total. The number of nitrogens with zero attached hydrogens (tertiary/aromatic N) is 1. The second kappa shape index (κ2) is 8.54. The third-order valence-electron chi connectivity index (χ3n) is 4.82. The van der Waals surface area contributed by atoms with Crippen molar-refractivity contribution in [2.24, 2.45) is 0 Å². The number of rotatable bonds is 4. The van der Waals surface area contributed by atoms with Crippen molar-refractivity contribution in [2.75, 3.05) is 6.73 Å². The molecule has 0 aromatic heterocycles. The SMILES string of the molecule is O=C(O)c1ccc(CN2COc3ccc(C#CCc4ccccc4)cc3C2=O)cc1. The van der Waals surface area contributed by atoms with E-state index >= 15 is 0 Å². The molecule has 3 aromatic carbocycles. The van der Waals surface area contributed by atoms with E-state index in [-0.39, 0.29) is 18.2 Å². The van der Waals surface area contributed by atoms with Gasteiger partial charge in [0.05, 0.1) is 11.1 Å². The Kier molecular flexibility index (Phi) is 5.49. The van der Waals surface area contributed by atoms with Crippen molar-refractivity contribution in [3.63, 3.8) is 0 Å². The van der Waals surface area contributed by atoms with E-state index in [1.807, 2.05) is 36.4 Å². The third-order valence-corrected chi connectivity index (χ3v) is 4.82. The molecule has 0 radical (unpaired) electrons. The summed E-state index contributed by atoms with van der Waals surface area (Å²) in [6.07, 6.45) is 0.640. The van der Waals surface area contributed by atoms with Gasteiger partial charge in [0.15, 0.2) is 6.73 Å². The molecule has 0 bridgehead atoms. The van der Waals surface area contributed by atoms with E-state index in [1.165, 1.54) is 12.1 Å². The van der Waals surface area contributed by atoms with Crippen molar-refractivity contribution >= 4 is 11.9 Å². The largest absolute Gasteiger partial charge is 0.478 e. The molecule has 0 saturated carbocycles. The van der Waals surface area contributed by atoms with Crippen molar-refractivity contribution < 1.29 is 19.4 Å². The molecule has 4 rings (SSSR count). The molecule has 1 aliphatic rings. The maximum Gasteiger partial charge on any atom is 0.335 e. The van der Waals surface area contributed by atoms with Gasteiger partial charge in [-0.2, -0.15) is 0 Å². The monoisotopic (exact) mass is 397 g/mol. The van der Waals surface area contributed by atoms with E-state index in [4.69, 9.17) is 9.84 Å². The fourth-order valence-corrected chi connectivity index (χ4v) is 3.21. The average molecular weight is 397 g/mol. The lowest BCUT2D eigenvalue weighted by Crippen LogP contribution is -2.38. The van der Waals surface area contributed by atoms with Crippen LogP contribution in [0.25, 0.3) is 0 Å². The highest BCUT2D eigenvalue weighted by molar-refractivity contribution is 5.98. The summed E-state index contributed by atoms with van der Waals surface area (Å²) in [6, 6.07) is 21.8. The summed E-state index contributed by atoms with van der Waals surface area (Å²) in [6.45, 7) is 0.480. The van der Waals surface area contributed by atoms with E-state index in [2.05, 4.69) is 11.8 Å². The van der Waals surface area contributed by atoms with Gasteiger partial charge in [0, 0.05) is 18.5 Å². The molecule has 5 heteroatoms. The Morgan fingerprint density at radius 1 is 1.00 bits per heavy atom. The minimum absolute atomic E-state index is 0.134. The number of carbonyl (C=O) groups is 2. The van der Waals surface area contributed by atoms with E-state index in [0.717, 1.165) is 16.7 Å². The molecule has 5 nitrogen and oxygen atoms in total. The Hall–Kier alpha value is -4.04. The summed E-state index contributed by atoms with van der Waals surface area (Å²) in [4.78, 5) is 25.5. The zero-order valence-electron chi connectivity index (χ0n) is 16.2. The van der Waals surface area contributed by atoms with Crippen LogP contribution in [-0.2, 0) is 13.0 Å². The highest BCUT2D eigenvalue weighted by Crippen LogP contribution is 2.27. The lowest BCUT2D eigenvalue weighted by Gasteiger charge is -2.29. The first kappa shape index (κ1) is 19.3. The van der Waals surface area contributed by atoms with Gasteiger partial charge >= 0.3 is 5.97 Å². The van der Waals surface area contributed by atoms with Crippen LogP contribution in [0.15, 0.2) is 72.8 Å². The molecule has 1 aliphatic heterocycles. The van der Waals surface area contributed by atoms with E-state index in [0.29, 0.717) is 24.3 Å². The van der Waals surface area contributed by atoms with E-state index < -0.39 is 5.97 Å². The van der Waals surface area contributed by atoms with Crippen molar-refractivity contribution in [3.05, 3.63) is 101 Å². The van der Waals surface area contributed by atoms with Crippen LogP contribution in [0.2, 0.25) is 0 Å². The number of carboxylic acid groups (broad SMARTS) is 1. The topological polar surface area (TPSA) is 66.8 Å². The van der Waals surface area contributed by atoms with Gasteiger partial charge in [0.1, 0.15) is 5.75 Å². The van der Waals surface area contributed by atoms with Crippen LogP contribution in [0, 0.1) is 11.8 Å². The van der Waals surface area contributed by atoms with Gasteiger partial charge in [-0.15, -0.1) is 0 Å². The molecule has 0 fully saturated rings. The first-order valence-electron chi connectivity index (χ1n) is 9.51. The smallest absolute Gasteiger partial charge is 0.335 e. The van der Waals surface area contributed by atoms with Gasteiger partial charge in [-0.1, -0.05) is 54.3 Å². The Labute approximate surface area is 174 Å². The first-order chi connectivity index (χ1) is 14.6. The van der Waals surface area contributed by atoms with Crippen molar-refractivity contribution in [1.82, 2.24) is 4.90 Å². The molecule has 0 atom stereocenters. The normalized spacial score (nSPS) is 12.4. The number of aromatic carboxylic acids is 1. The van der Waals surface area contributed by atoms with Crippen molar-refractivity contribution in [3.8, 4) is 17.6 Å². The minimum atomic E-state index is -0.978. The van der Waals surface area contributed by atoms with Crippen molar-refractivity contribution in [2.45, 2.75) is 13.0 Å². The van der Waals surface area contributed by atoms with Crippen molar-refractivity contribution in [1.29, 1.82) is 0 Å². The number of ether oxygens (including phenoxy) is 1. The minimum Gasteiger partial charge on any atom is -0.478 e. The average Bonchev–Trinajstić information content (AvgIpc) is 2.77. The fourth-order valence-electron chi connectivity index (χ4n) is 3.21. The summed E-state index contributed by atoms with van der Waals surface area (Å²) in [7, 11) is 0. The van der Waals surface area contributed by atoms with Crippen LogP contribution in [0.4, 0.5) is 0 Å². The highest BCUT2D eigenvalue weighted by atomic mass is 16.5. The van der Waals surface area contributed by atoms with Gasteiger partial charge in [-0.25, -0.2) is 4.79 Å². The standard InChI is InChI=1S/C25H19NO4/c27-24-22-15-19(8-4-7-18-5-2-1-3-6-18)11-14-23(22)30-17-26(24)16-20-9-12-21(13-10-20)25(28)29/h1-3,5-6,9-15H,7,16-17H2,(H,28,29). The van der Waals surface area contributed by atoms with Crippen LogP contribution >= 0.6 is 0 Å². The maximum atomic E-state index is 12.9. The maximum absolute atomic E-state index is 12.9. The Morgan fingerprint density at radius 2 is 1.77 bits per heavy atom. The summed E-state index contributed by atoms with van der Waals surface area (Å²) in [5, 5.41) is 9.01. The van der Waals surface area contributed by atoms with Gasteiger partial charge in [0.2, 0.25) is 0 Å². The number of hydrogen-bond donors (Lipinski definition) is 1. The molecule has 0 aliphatic carbocycles. The van der Waals surface area contributed by atoms with Crippen LogP contribution < -0.4 is 4.74 Å². The molecule has 30 heavy (non-hydrogen) atoms. The number of carbonyl (C=O) groups excluding carboxylic acids is 1. The molecular weight excluding hydrogens is 378 g/mol. The van der Waals surface area contributed by atoms with Gasteiger partial charge in [0.25, 0.3) is 5.91 Å². The molecular formula is C25H19NO4. The van der Waals surface area contributed by atoms with Crippen LogP contribution in [0.3, 0.4) is 0 Å². The lowest BCUT2D eigenvalue weighted by molar-refractivity contribution is 0.0498. The highest BCUT2D eigenvalue weighted by Gasteiger charge is 2.26. The van der Waals surface area contributed by atoms with Gasteiger partial charge in [-0.05, 0) is 41.5 Å². The Balaban J connectivity index is 1.48. The molecule has 1 amide bonds. The Morgan fingerprint density at radius 3 is 2.50 bits per heavy atom. The number of hydrogen-bond acceptors (Lipinski definition) is 3. The number of benzene rings is 3. The van der Waals surface area contributed by atoms with Crippen LogP contribution in [0.1, 0.15) is 37.4 Å². The molecule has 1 heterocycles. The summed E-state index contributed by atoms with van der Waals surface area (Å²) in [5.41, 5.74) is 3.43. The van der Waals surface area contributed by atoms with Crippen LogP contribution in [-0.4, -0.2) is 28.6 Å². The molecule has 0 saturated heterocycles. The molecule has 0 spiro atoms. The zero-order chi connectivity index (χ0) is 20.9. The van der Waals surface area contributed by atoms with E-state index in [9.17, 15) is 9.59 Å². The number of fused-ring (bicyclic) bond motifs is 1. The predicted octanol–water partition coefficient (Wildman–Crippen LogP) is 3.97. The second-order valence-electron chi connectivity index (χ2n) is 6.95. The molecule has 3 aromatic rings. The number of amides is 1. The summed E-state index contributed by atoms with van der Waals surface area (Å²) < 4.78 is 5.73. The third kappa shape index (κ3) is 4.34. The first-order valence-corrected chi connectivity index (χ1v) is 9.51. The molecule has 0 unspecified atom stereocenters. The number of carboxylic acids is 1. The zero-order valence-corrected chi connectivity index (χ0v) is 16.2. The van der Waals surface area contributed by atoms with Gasteiger partial charge < -0.3 is 14.7 Å². The molecule has 148 valence electrons. The predicted molar refractivity (Wildman–Crippen MR) is 112 cm³/mol. The quantitative estimate of drug-likeness (QED) is 0.677.